The van der Waals surface area contributed by atoms with Crippen molar-refractivity contribution in [2.75, 3.05) is 0 Å². The fourth-order valence-corrected chi connectivity index (χ4v) is 1.04. The van der Waals surface area contributed by atoms with Crippen molar-refractivity contribution in [1.29, 1.82) is 0 Å². The number of aliphatic imine (C=N–C) groups is 1. The van der Waals surface area contributed by atoms with E-state index >= 15 is 0 Å². The van der Waals surface area contributed by atoms with Crippen LogP contribution in [0.4, 0.5) is 0 Å². The maximum atomic E-state index is 8.85. The third-order valence-corrected chi connectivity index (χ3v) is 1.65. The molecule has 0 aliphatic carbocycles. The van der Waals surface area contributed by atoms with Gasteiger partial charge in [-0.25, -0.2) is 0 Å². The Labute approximate surface area is 65.8 Å². The lowest BCUT2D eigenvalue weighted by molar-refractivity contribution is 0.412. The van der Waals surface area contributed by atoms with Crippen molar-refractivity contribution in [1.82, 2.24) is 5.32 Å². The quantitative estimate of drug-likeness (QED) is 0.460. The van der Waals surface area contributed by atoms with Gasteiger partial charge in [0, 0.05) is 5.47 Å². The molecule has 4 nitrogen and oxygen atoms in total. The fraction of sp³-hybridized carbons (Fsp3) is 0.500. The molecule has 0 aromatic carbocycles. The number of hydrogen-bond donors (Lipinski definition) is 3. The van der Waals surface area contributed by atoms with Gasteiger partial charge in [0.2, 0.25) is 0 Å². The topological polar surface area (TPSA) is 64.9 Å². The molecule has 1 aliphatic heterocycles. The summed E-state index contributed by atoms with van der Waals surface area (Å²) in [7, 11) is -1.40. The Morgan fingerprint density at radius 1 is 1.73 bits per heavy atom. The molecule has 0 unspecified atom stereocenters. The normalized spacial score (nSPS) is 22.5. The van der Waals surface area contributed by atoms with Gasteiger partial charge in [0.05, 0.1) is 12.4 Å². The highest BCUT2D eigenvalue weighted by Gasteiger charge is 2.23. The van der Waals surface area contributed by atoms with Gasteiger partial charge >= 0.3 is 7.12 Å². The average Bonchev–Trinajstić information content (AvgIpc) is 2.04. The molecular formula is C6H11BN2O2. The van der Waals surface area contributed by atoms with Crippen LogP contribution in [0.15, 0.2) is 16.7 Å². The molecule has 0 amide bonds. The first kappa shape index (κ1) is 8.29. The molecule has 0 aromatic heterocycles. The van der Waals surface area contributed by atoms with Gasteiger partial charge in [-0.2, -0.15) is 0 Å². The van der Waals surface area contributed by atoms with E-state index in [9.17, 15) is 0 Å². The molecule has 0 radical (unpaired) electrons. The van der Waals surface area contributed by atoms with Crippen molar-refractivity contribution in [3.8, 4) is 0 Å². The minimum absolute atomic E-state index is 0.0868. The third kappa shape index (κ3) is 1.81. The summed E-state index contributed by atoms with van der Waals surface area (Å²) in [5.41, 5.74) is 0.523. The van der Waals surface area contributed by atoms with E-state index < -0.39 is 7.12 Å². The Morgan fingerprint density at radius 2 is 2.45 bits per heavy atom. The van der Waals surface area contributed by atoms with Crippen LogP contribution in [-0.2, 0) is 0 Å². The van der Waals surface area contributed by atoms with Crippen LogP contribution in [0.25, 0.3) is 0 Å². The molecule has 5 heteroatoms. The van der Waals surface area contributed by atoms with E-state index in [1.165, 1.54) is 0 Å². The van der Waals surface area contributed by atoms with Gasteiger partial charge in [-0.05, 0) is 12.6 Å². The molecule has 0 saturated heterocycles. The molecule has 1 rings (SSSR count). The van der Waals surface area contributed by atoms with Gasteiger partial charge in [-0.3, -0.25) is 4.99 Å². The van der Waals surface area contributed by atoms with Crippen LogP contribution >= 0.6 is 0 Å². The Balaban J connectivity index is 2.68. The van der Waals surface area contributed by atoms with Crippen LogP contribution in [0.1, 0.15) is 13.3 Å². The minimum atomic E-state index is -1.40. The molecule has 3 N–H and O–H groups in total. The van der Waals surface area contributed by atoms with Gasteiger partial charge in [-0.15, -0.1) is 0 Å². The Kier molecular flexibility index (Phi) is 2.67. The molecule has 0 bridgehead atoms. The highest BCUT2D eigenvalue weighted by atomic mass is 16.4. The van der Waals surface area contributed by atoms with Gasteiger partial charge in [0.1, 0.15) is 0 Å². The first-order valence-corrected chi connectivity index (χ1v) is 3.59. The lowest BCUT2D eigenvalue weighted by atomic mass is 9.74. The van der Waals surface area contributed by atoms with Crippen LogP contribution in [-0.4, -0.2) is 29.5 Å². The summed E-state index contributed by atoms with van der Waals surface area (Å²) in [6, 6.07) is -0.0868. The zero-order valence-corrected chi connectivity index (χ0v) is 6.36. The molecule has 0 spiro atoms. The molecule has 0 saturated carbocycles. The van der Waals surface area contributed by atoms with Gasteiger partial charge in [-0.1, -0.05) is 6.92 Å². The second-order valence-electron chi connectivity index (χ2n) is 2.39. The molecule has 0 aromatic rings. The van der Waals surface area contributed by atoms with Crippen LogP contribution in [0.3, 0.4) is 0 Å². The maximum Gasteiger partial charge on any atom is 0.487 e. The highest BCUT2D eigenvalue weighted by Crippen LogP contribution is 2.12. The first-order chi connectivity index (χ1) is 5.25. The summed E-state index contributed by atoms with van der Waals surface area (Å²) in [5.74, 6) is 0. The van der Waals surface area contributed by atoms with Crippen LogP contribution in [0.2, 0.25) is 0 Å². The largest absolute Gasteiger partial charge is 0.487 e. The van der Waals surface area contributed by atoms with Crippen LogP contribution in [0, 0.1) is 0 Å². The fourth-order valence-electron chi connectivity index (χ4n) is 1.04. The summed E-state index contributed by atoms with van der Waals surface area (Å²) in [5, 5.41) is 20.4. The number of nitrogens with zero attached hydrogens (tertiary/aromatic N) is 1. The van der Waals surface area contributed by atoms with E-state index in [1.54, 1.807) is 12.5 Å². The molecule has 0 fully saturated rings. The van der Waals surface area contributed by atoms with E-state index in [1.807, 2.05) is 6.92 Å². The molecule has 1 atom stereocenters. The molecule has 60 valence electrons. The zero-order valence-electron chi connectivity index (χ0n) is 6.36. The summed E-state index contributed by atoms with van der Waals surface area (Å²) >= 11 is 0. The minimum Gasteiger partial charge on any atom is -0.423 e. The summed E-state index contributed by atoms with van der Waals surface area (Å²) in [6.07, 6.45) is 3.91. The third-order valence-electron chi connectivity index (χ3n) is 1.65. The van der Waals surface area contributed by atoms with Crippen LogP contribution in [0.5, 0.6) is 0 Å². The lowest BCUT2D eigenvalue weighted by Gasteiger charge is -2.17. The smallest absolute Gasteiger partial charge is 0.423 e. The van der Waals surface area contributed by atoms with E-state index in [0.29, 0.717) is 5.47 Å². The number of nitrogens with one attached hydrogen (secondary N) is 1. The second kappa shape index (κ2) is 3.55. The number of rotatable bonds is 2. The second-order valence-corrected chi connectivity index (χ2v) is 2.39. The van der Waals surface area contributed by atoms with E-state index in [4.69, 9.17) is 10.0 Å². The van der Waals surface area contributed by atoms with Gasteiger partial charge < -0.3 is 15.4 Å². The standard InChI is InChI=1S/C6H11BN2O2/c1-2-6-5(7(10)11)3-8-4-9-6/h3-4,6,10-11H,2H2,1H3,(H,8,9)/t6-/m0/s1. The van der Waals surface area contributed by atoms with E-state index in [0.717, 1.165) is 6.42 Å². The van der Waals surface area contributed by atoms with Crippen molar-refractivity contribution in [2.24, 2.45) is 4.99 Å². The van der Waals surface area contributed by atoms with Crippen LogP contribution < -0.4 is 5.32 Å². The molecule has 11 heavy (non-hydrogen) atoms. The number of hydrogen-bond acceptors (Lipinski definition) is 4. The van der Waals surface area contributed by atoms with E-state index in [2.05, 4.69) is 10.3 Å². The first-order valence-electron chi connectivity index (χ1n) is 3.59. The SMILES string of the molecule is CC[C@@H]1N=CNC=C1B(O)O. The van der Waals surface area contributed by atoms with Crippen molar-refractivity contribution in [3.05, 3.63) is 11.7 Å². The van der Waals surface area contributed by atoms with Crippen molar-refractivity contribution in [3.63, 3.8) is 0 Å². The Hall–Kier alpha value is -0.805. The van der Waals surface area contributed by atoms with Crippen molar-refractivity contribution < 1.29 is 10.0 Å². The zero-order chi connectivity index (χ0) is 8.27. The lowest BCUT2D eigenvalue weighted by Crippen LogP contribution is -2.30. The highest BCUT2D eigenvalue weighted by molar-refractivity contribution is 6.51. The summed E-state index contributed by atoms with van der Waals surface area (Å²) < 4.78 is 0. The predicted octanol–water partition coefficient (Wildman–Crippen LogP) is -0.708. The summed E-state index contributed by atoms with van der Waals surface area (Å²) in [4.78, 5) is 4.03. The van der Waals surface area contributed by atoms with Crippen molar-refractivity contribution in [2.45, 2.75) is 19.4 Å². The Bertz CT molecular complexity index is 191. The van der Waals surface area contributed by atoms with Crippen molar-refractivity contribution >= 4 is 13.5 Å². The summed E-state index contributed by atoms with van der Waals surface area (Å²) in [6.45, 7) is 1.95. The van der Waals surface area contributed by atoms with Gasteiger partial charge in [0.15, 0.2) is 0 Å². The average molecular weight is 154 g/mol. The van der Waals surface area contributed by atoms with E-state index in [-0.39, 0.29) is 6.04 Å². The Morgan fingerprint density at radius 3 is 2.91 bits per heavy atom. The monoisotopic (exact) mass is 154 g/mol. The molecule has 1 aliphatic rings. The maximum absolute atomic E-state index is 8.85. The molecular weight excluding hydrogens is 143 g/mol. The predicted molar refractivity (Wildman–Crippen MR) is 44.0 cm³/mol. The van der Waals surface area contributed by atoms with Gasteiger partial charge in [0.25, 0.3) is 0 Å². The molecule has 1 heterocycles.